The number of pyridine rings is 1. The van der Waals surface area contributed by atoms with E-state index in [1.54, 1.807) is 18.2 Å². The van der Waals surface area contributed by atoms with Crippen molar-refractivity contribution >= 4 is 22.4 Å². The molecule has 1 heterocycles. The van der Waals surface area contributed by atoms with Crippen LogP contribution in [0.15, 0.2) is 30.3 Å². The summed E-state index contributed by atoms with van der Waals surface area (Å²) >= 11 is 0. The van der Waals surface area contributed by atoms with Gasteiger partial charge in [0.05, 0.1) is 22.6 Å². The molecular formula is C13H13N3O3. The van der Waals surface area contributed by atoms with Crippen molar-refractivity contribution in [2.24, 2.45) is 0 Å². The fourth-order valence-corrected chi connectivity index (χ4v) is 2.04. The number of aliphatic hydroxyl groups is 1. The number of aromatic nitrogens is 1. The molecule has 19 heavy (non-hydrogen) atoms. The average molecular weight is 259 g/mol. The Balaban J connectivity index is 1.93. The fraction of sp³-hybridized carbons (Fsp3) is 0.308. The van der Waals surface area contributed by atoms with Crippen molar-refractivity contribution in [3.8, 4) is 0 Å². The predicted octanol–water partition coefficient (Wildman–Crippen LogP) is 2.08. The van der Waals surface area contributed by atoms with Gasteiger partial charge in [-0.1, -0.05) is 0 Å². The summed E-state index contributed by atoms with van der Waals surface area (Å²) in [5.41, 5.74) is 0.537. The number of hydrogen-bond donors (Lipinski definition) is 2. The first-order valence-electron chi connectivity index (χ1n) is 6.06. The van der Waals surface area contributed by atoms with Gasteiger partial charge in [-0.25, -0.2) is 4.98 Å². The van der Waals surface area contributed by atoms with Crippen LogP contribution in [0.1, 0.15) is 12.8 Å². The van der Waals surface area contributed by atoms with Crippen LogP contribution in [0.2, 0.25) is 0 Å². The molecule has 2 aromatic rings. The summed E-state index contributed by atoms with van der Waals surface area (Å²) in [6.07, 6.45) is 1.87. The number of benzene rings is 1. The van der Waals surface area contributed by atoms with E-state index in [-0.39, 0.29) is 17.8 Å². The summed E-state index contributed by atoms with van der Waals surface area (Å²) in [7, 11) is 0. The second-order valence-electron chi connectivity index (χ2n) is 4.89. The van der Waals surface area contributed by atoms with E-state index in [0.29, 0.717) is 11.3 Å². The molecule has 6 nitrogen and oxygen atoms in total. The number of nitrogens with zero attached hydrogens (tertiary/aromatic N) is 2. The van der Waals surface area contributed by atoms with Gasteiger partial charge in [0.25, 0.3) is 5.69 Å². The quantitative estimate of drug-likeness (QED) is 0.648. The van der Waals surface area contributed by atoms with Crippen LogP contribution in [0.3, 0.4) is 0 Å². The van der Waals surface area contributed by atoms with Gasteiger partial charge < -0.3 is 10.4 Å². The number of non-ortho nitro benzene ring substituents is 1. The van der Waals surface area contributed by atoms with Crippen molar-refractivity contribution in [2.75, 3.05) is 11.9 Å². The Kier molecular flexibility index (Phi) is 2.60. The molecule has 3 rings (SSSR count). The zero-order valence-electron chi connectivity index (χ0n) is 10.2. The molecule has 0 saturated heterocycles. The lowest BCUT2D eigenvalue weighted by Crippen LogP contribution is -2.26. The van der Waals surface area contributed by atoms with Crippen molar-refractivity contribution in [3.63, 3.8) is 0 Å². The highest BCUT2D eigenvalue weighted by atomic mass is 16.6. The molecule has 1 aliphatic rings. The number of rotatable bonds is 4. The van der Waals surface area contributed by atoms with E-state index in [0.717, 1.165) is 18.2 Å². The van der Waals surface area contributed by atoms with E-state index in [9.17, 15) is 15.2 Å². The lowest BCUT2D eigenvalue weighted by molar-refractivity contribution is -0.384. The largest absolute Gasteiger partial charge is 0.394 e. The molecule has 2 N–H and O–H groups in total. The summed E-state index contributed by atoms with van der Waals surface area (Å²) in [4.78, 5) is 14.7. The normalized spacial score (nSPS) is 16.3. The van der Waals surface area contributed by atoms with E-state index in [2.05, 4.69) is 10.3 Å². The number of anilines is 1. The number of nitro groups is 1. The number of nitro benzene ring substituents is 1. The summed E-state index contributed by atoms with van der Waals surface area (Å²) in [6.45, 7) is 0.0903. The molecule has 0 radical (unpaired) electrons. The standard InChI is InChI=1S/C13H13N3O3/c17-8-13(5-6-13)15-12-4-1-9-7-10(16(18)19)2-3-11(9)14-12/h1-4,7,17H,5-6,8H2,(H,14,15). The number of hydrogen-bond acceptors (Lipinski definition) is 5. The van der Waals surface area contributed by atoms with Gasteiger partial charge in [0.15, 0.2) is 0 Å². The monoisotopic (exact) mass is 259 g/mol. The zero-order valence-corrected chi connectivity index (χ0v) is 10.2. The third-order valence-electron chi connectivity index (χ3n) is 3.43. The Bertz CT molecular complexity index is 653. The smallest absolute Gasteiger partial charge is 0.270 e. The minimum Gasteiger partial charge on any atom is -0.394 e. The van der Waals surface area contributed by atoms with Crippen molar-refractivity contribution in [1.82, 2.24) is 4.98 Å². The SMILES string of the molecule is O=[N+]([O-])c1ccc2nc(NC3(CO)CC3)ccc2c1. The van der Waals surface area contributed by atoms with Crippen LogP contribution in [-0.4, -0.2) is 27.2 Å². The Morgan fingerprint density at radius 1 is 1.37 bits per heavy atom. The topological polar surface area (TPSA) is 88.3 Å². The number of fused-ring (bicyclic) bond motifs is 1. The molecule has 1 saturated carbocycles. The minimum atomic E-state index is -0.420. The molecular weight excluding hydrogens is 246 g/mol. The van der Waals surface area contributed by atoms with Crippen LogP contribution in [0, 0.1) is 10.1 Å². The van der Waals surface area contributed by atoms with E-state index < -0.39 is 4.92 Å². The van der Waals surface area contributed by atoms with Crippen LogP contribution >= 0.6 is 0 Å². The molecule has 0 amide bonds. The second kappa shape index (κ2) is 4.17. The molecule has 1 aliphatic carbocycles. The highest BCUT2D eigenvalue weighted by molar-refractivity contribution is 5.82. The molecule has 6 heteroatoms. The van der Waals surface area contributed by atoms with Crippen LogP contribution in [0.25, 0.3) is 10.9 Å². The van der Waals surface area contributed by atoms with Gasteiger partial charge in [-0.05, 0) is 31.0 Å². The molecule has 0 unspecified atom stereocenters. The van der Waals surface area contributed by atoms with Gasteiger partial charge in [0, 0.05) is 17.5 Å². The van der Waals surface area contributed by atoms with Crippen molar-refractivity contribution < 1.29 is 10.0 Å². The van der Waals surface area contributed by atoms with Gasteiger partial charge in [0.1, 0.15) is 5.82 Å². The Morgan fingerprint density at radius 3 is 2.79 bits per heavy atom. The van der Waals surface area contributed by atoms with Crippen LogP contribution in [0.5, 0.6) is 0 Å². The van der Waals surface area contributed by atoms with Crippen LogP contribution in [0.4, 0.5) is 11.5 Å². The van der Waals surface area contributed by atoms with E-state index in [1.807, 2.05) is 0 Å². The fourth-order valence-electron chi connectivity index (χ4n) is 2.04. The van der Waals surface area contributed by atoms with Gasteiger partial charge in [0.2, 0.25) is 0 Å². The molecule has 0 bridgehead atoms. The lowest BCUT2D eigenvalue weighted by Gasteiger charge is -2.15. The first kappa shape index (κ1) is 11.9. The van der Waals surface area contributed by atoms with Gasteiger partial charge >= 0.3 is 0 Å². The van der Waals surface area contributed by atoms with E-state index >= 15 is 0 Å². The first-order valence-corrected chi connectivity index (χ1v) is 6.06. The van der Waals surface area contributed by atoms with Crippen LogP contribution < -0.4 is 5.32 Å². The van der Waals surface area contributed by atoms with Crippen molar-refractivity contribution in [2.45, 2.75) is 18.4 Å². The maximum atomic E-state index is 10.7. The molecule has 0 atom stereocenters. The maximum absolute atomic E-state index is 10.7. The highest BCUT2D eigenvalue weighted by Gasteiger charge is 2.42. The zero-order chi connectivity index (χ0) is 13.5. The molecule has 0 spiro atoms. The Hall–Kier alpha value is -2.21. The molecule has 98 valence electrons. The Morgan fingerprint density at radius 2 is 2.16 bits per heavy atom. The summed E-state index contributed by atoms with van der Waals surface area (Å²) < 4.78 is 0. The van der Waals surface area contributed by atoms with Gasteiger partial charge in [-0.3, -0.25) is 10.1 Å². The first-order chi connectivity index (χ1) is 9.12. The number of aliphatic hydroxyl groups excluding tert-OH is 1. The predicted molar refractivity (Wildman–Crippen MR) is 71.1 cm³/mol. The molecule has 1 fully saturated rings. The summed E-state index contributed by atoms with van der Waals surface area (Å²) in [5.74, 6) is 0.688. The minimum absolute atomic E-state index is 0.0593. The molecule has 1 aromatic carbocycles. The third-order valence-corrected chi connectivity index (χ3v) is 3.43. The van der Waals surface area contributed by atoms with Crippen molar-refractivity contribution in [3.05, 3.63) is 40.4 Å². The summed E-state index contributed by atoms with van der Waals surface area (Å²) in [6, 6.07) is 8.16. The highest BCUT2D eigenvalue weighted by Crippen LogP contribution is 2.38. The molecule has 1 aromatic heterocycles. The van der Waals surface area contributed by atoms with Crippen LogP contribution in [-0.2, 0) is 0 Å². The average Bonchev–Trinajstić information content (AvgIpc) is 3.18. The van der Waals surface area contributed by atoms with Crippen molar-refractivity contribution in [1.29, 1.82) is 0 Å². The van der Waals surface area contributed by atoms with Gasteiger partial charge in [-0.2, -0.15) is 0 Å². The van der Waals surface area contributed by atoms with E-state index in [4.69, 9.17) is 0 Å². The van der Waals surface area contributed by atoms with E-state index in [1.165, 1.54) is 12.1 Å². The van der Waals surface area contributed by atoms with Gasteiger partial charge in [-0.15, -0.1) is 0 Å². The summed E-state index contributed by atoms with van der Waals surface area (Å²) in [5, 5.41) is 23.9. The second-order valence-corrected chi connectivity index (χ2v) is 4.89. The molecule has 0 aliphatic heterocycles. The third kappa shape index (κ3) is 2.22. The number of nitrogens with one attached hydrogen (secondary N) is 1. The Labute approximate surface area is 109 Å². The maximum Gasteiger partial charge on any atom is 0.270 e. The lowest BCUT2D eigenvalue weighted by atomic mass is 10.2.